The molecule has 4 rings (SSSR count). The molecule has 1 fully saturated rings. The number of likely N-dealkylation sites (tertiary alicyclic amines) is 1. The fourth-order valence-corrected chi connectivity index (χ4v) is 5.07. The average molecular weight is 589 g/mol. The van der Waals surface area contributed by atoms with Gasteiger partial charge in [0, 0.05) is 6.54 Å². The smallest absolute Gasteiger partial charge is 0.309 e. The van der Waals surface area contributed by atoms with Crippen molar-refractivity contribution in [2.45, 2.75) is 58.1 Å². The number of hydrogen-bond donors (Lipinski definition) is 1. The molecule has 0 unspecified atom stereocenters. The summed E-state index contributed by atoms with van der Waals surface area (Å²) in [6.07, 6.45) is 2.56. The summed E-state index contributed by atoms with van der Waals surface area (Å²) in [7, 11) is 1.61. The number of carbonyl (C=O) groups is 2. The van der Waals surface area contributed by atoms with E-state index in [2.05, 4.69) is 10.2 Å². The van der Waals surface area contributed by atoms with Gasteiger partial charge < -0.3 is 29.2 Å². The van der Waals surface area contributed by atoms with Gasteiger partial charge in [-0.2, -0.15) is 0 Å². The van der Waals surface area contributed by atoms with E-state index in [4.69, 9.17) is 18.9 Å². The number of esters is 1. The first-order valence-electron chi connectivity index (χ1n) is 15.1. The van der Waals surface area contributed by atoms with Crippen LogP contribution in [0.25, 0.3) is 0 Å². The van der Waals surface area contributed by atoms with Crippen molar-refractivity contribution in [3.05, 3.63) is 89.5 Å². The van der Waals surface area contributed by atoms with Crippen molar-refractivity contribution in [3.8, 4) is 17.2 Å². The molecule has 43 heavy (non-hydrogen) atoms. The molecule has 8 heteroatoms. The second-order valence-electron chi connectivity index (χ2n) is 11.0. The van der Waals surface area contributed by atoms with Gasteiger partial charge in [0.1, 0.15) is 23.4 Å². The number of nitrogens with one attached hydrogen (secondary N) is 1. The highest BCUT2D eigenvalue weighted by Crippen LogP contribution is 2.27. The number of aryl methyl sites for hydroxylation is 2. The van der Waals surface area contributed by atoms with E-state index in [-0.39, 0.29) is 32.0 Å². The average Bonchev–Trinajstić information content (AvgIpc) is 3.54. The second-order valence-corrected chi connectivity index (χ2v) is 11.0. The molecule has 2 atom stereocenters. The summed E-state index contributed by atoms with van der Waals surface area (Å²) >= 11 is 0. The summed E-state index contributed by atoms with van der Waals surface area (Å²) in [6, 6.07) is 22.5. The maximum Gasteiger partial charge on any atom is 0.309 e. The van der Waals surface area contributed by atoms with Crippen molar-refractivity contribution < 1.29 is 28.5 Å². The van der Waals surface area contributed by atoms with Crippen molar-refractivity contribution in [2.75, 3.05) is 40.0 Å². The molecular formula is C35H44N2O6. The number of hydrogen-bond acceptors (Lipinski definition) is 7. The van der Waals surface area contributed by atoms with E-state index in [1.165, 1.54) is 12.8 Å². The Morgan fingerprint density at radius 2 is 1.30 bits per heavy atom. The first kappa shape index (κ1) is 31.9. The lowest BCUT2D eigenvalue weighted by Gasteiger charge is -2.30. The van der Waals surface area contributed by atoms with Gasteiger partial charge in [-0.15, -0.1) is 0 Å². The van der Waals surface area contributed by atoms with Crippen molar-refractivity contribution >= 4 is 11.9 Å². The Morgan fingerprint density at radius 3 is 1.86 bits per heavy atom. The summed E-state index contributed by atoms with van der Waals surface area (Å²) in [5, 5.41) is 3.17. The zero-order valence-corrected chi connectivity index (χ0v) is 25.6. The van der Waals surface area contributed by atoms with Crippen LogP contribution in [0, 0.1) is 13.8 Å². The van der Waals surface area contributed by atoms with Crippen molar-refractivity contribution in [3.63, 3.8) is 0 Å². The molecule has 0 aromatic heterocycles. The molecule has 1 aliphatic rings. The lowest BCUT2D eigenvalue weighted by atomic mass is 9.98. The predicted octanol–water partition coefficient (Wildman–Crippen LogP) is 5.81. The van der Waals surface area contributed by atoms with Gasteiger partial charge in [-0.1, -0.05) is 47.5 Å². The van der Waals surface area contributed by atoms with E-state index in [1.54, 1.807) is 7.11 Å². The standard InChI is InChI=1S/C35H44N2O6/c1-26-6-12-30(13-7-26)41-24-19-33(38)36-32(18-23-37-21-4-5-22-37)35(28-10-16-29(40-3)17-11-28)43-34(39)20-25-42-31-14-8-27(2)9-15-31/h6-17,32,35H,4-5,18-25H2,1-3H3,(H,36,38)/t32-,35-/m1/s1. The van der Waals surface area contributed by atoms with Gasteiger partial charge in [0.2, 0.25) is 5.91 Å². The van der Waals surface area contributed by atoms with E-state index in [9.17, 15) is 9.59 Å². The molecule has 1 N–H and O–H groups in total. The zero-order valence-electron chi connectivity index (χ0n) is 25.6. The Hall–Kier alpha value is -4.04. The zero-order chi connectivity index (χ0) is 30.4. The van der Waals surface area contributed by atoms with Gasteiger partial charge in [-0.3, -0.25) is 9.59 Å². The summed E-state index contributed by atoms with van der Waals surface area (Å²) < 4.78 is 23.0. The molecule has 1 saturated heterocycles. The maximum atomic E-state index is 13.2. The van der Waals surface area contributed by atoms with Crippen molar-refractivity contribution in [2.24, 2.45) is 0 Å². The quantitative estimate of drug-likeness (QED) is 0.212. The fourth-order valence-electron chi connectivity index (χ4n) is 5.07. The van der Waals surface area contributed by atoms with E-state index in [0.717, 1.165) is 42.1 Å². The number of ether oxygens (including phenoxy) is 4. The van der Waals surface area contributed by atoms with E-state index >= 15 is 0 Å². The molecule has 3 aromatic rings. The maximum absolute atomic E-state index is 13.2. The molecule has 0 bridgehead atoms. The highest BCUT2D eigenvalue weighted by Gasteiger charge is 2.29. The Bertz CT molecular complexity index is 1270. The number of benzene rings is 3. The Morgan fingerprint density at radius 1 is 0.767 bits per heavy atom. The number of nitrogens with zero attached hydrogens (tertiary/aromatic N) is 1. The Balaban J connectivity index is 1.43. The van der Waals surface area contributed by atoms with Crippen LogP contribution in [0.4, 0.5) is 0 Å². The molecular weight excluding hydrogens is 544 g/mol. The van der Waals surface area contributed by atoms with Gasteiger partial charge in [0.25, 0.3) is 0 Å². The Kier molecular flexibility index (Phi) is 12.3. The minimum Gasteiger partial charge on any atom is -0.497 e. The molecule has 0 radical (unpaired) electrons. The predicted molar refractivity (Wildman–Crippen MR) is 167 cm³/mol. The van der Waals surface area contributed by atoms with Gasteiger partial charge in [0.05, 0.1) is 39.2 Å². The summed E-state index contributed by atoms with van der Waals surface area (Å²) in [4.78, 5) is 28.7. The van der Waals surface area contributed by atoms with Crippen molar-refractivity contribution in [1.29, 1.82) is 0 Å². The Labute approximate surface area is 255 Å². The van der Waals surface area contributed by atoms with Crippen LogP contribution in [0.3, 0.4) is 0 Å². The largest absolute Gasteiger partial charge is 0.497 e. The van der Waals surface area contributed by atoms with Crippen LogP contribution in [-0.2, 0) is 14.3 Å². The summed E-state index contributed by atoms with van der Waals surface area (Å²) in [5.74, 6) is 1.58. The normalized spacial score (nSPS) is 14.5. The van der Waals surface area contributed by atoms with Gasteiger partial charge in [-0.25, -0.2) is 0 Å². The third-order valence-corrected chi connectivity index (χ3v) is 7.58. The van der Waals surface area contributed by atoms with Crippen LogP contribution in [-0.4, -0.2) is 62.8 Å². The molecule has 3 aromatic carbocycles. The molecule has 1 aliphatic heterocycles. The van der Waals surface area contributed by atoms with Crippen LogP contribution in [0.1, 0.15) is 54.9 Å². The first-order chi connectivity index (χ1) is 20.9. The minimum atomic E-state index is -0.678. The molecule has 1 amide bonds. The molecule has 8 nitrogen and oxygen atoms in total. The number of amides is 1. The monoisotopic (exact) mass is 588 g/mol. The highest BCUT2D eigenvalue weighted by atomic mass is 16.5. The lowest BCUT2D eigenvalue weighted by molar-refractivity contribution is -0.152. The lowest BCUT2D eigenvalue weighted by Crippen LogP contribution is -2.43. The van der Waals surface area contributed by atoms with Crippen LogP contribution >= 0.6 is 0 Å². The van der Waals surface area contributed by atoms with Gasteiger partial charge in [0.15, 0.2) is 0 Å². The molecule has 230 valence electrons. The van der Waals surface area contributed by atoms with Gasteiger partial charge >= 0.3 is 5.97 Å². The third-order valence-electron chi connectivity index (χ3n) is 7.58. The third kappa shape index (κ3) is 10.6. The number of rotatable bonds is 16. The second kappa shape index (κ2) is 16.6. The van der Waals surface area contributed by atoms with Crippen LogP contribution in [0.5, 0.6) is 17.2 Å². The summed E-state index contributed by atoms with van der Waals surface area (Å²) in [6.45, 7) is 7.34. The van der Waals surface area contributed by atoms with E-state index in [1.807, 2.05) is 86.6 Å². The molecule has 0 spiro atoms. The van der Waals surface area contributed by atoms with Gasteiger partial charge in [-0.05, 0) is 88.2 Å². The van der Waals surface area contributed by atoms with Crippen LogP contribution in [0.2, 0.25) is 0 Å². The topological polar surface area (TPSA) is 86.3 Å². The SMILES string of the molecule is COc1ccc([C@@H](OC(=O)CCOc2ccc(C)cc2)[C@@H](CCN2CCCC2)NC(=O)CCOc2ccc(C)cc2)cc1. The summed E-state index contributed by atoms with van der Waals surface area (Å²) in [5.41, 5.74) is 3.07. The first-order valence-corrected chi connectivity index (χ1v) is 15.1. The molecule has 0 aliphatic carbocycles. The molecule has 0 saturated carbocycles. The van der Waals surface area contributed by atoms with Crippen LogP contribution < -0.4 is 19.5 Å². The van der Waals surface area contributed by atoms with Crippen molar-refractivity contribution in [1.82, 2.24) is 10.2 Å². The fraction of sp³-hybridized carbons (Fsp3) is 0.429. The van der Waals surface area contributed by atoms with E-state index < -0.39 is 18.1 Å². The van der Waals surface area contributed by atoms with Crippen LogP contribution in [0.15, 0.2) is 72.8 Å². The highest BCUT2D eigenvalue weighted by molar-refractivity contribution is 5.76. The minimum absolute atomic E-state index is 0.0811. The number of carbonyl (C=O) groups excluding carboxylic acids is 2. The van der Waals surface area contributed by atoms with E-state index in [0.29, 0.717) is 17.9 Å². The number of methoxy groups -OCH3 is 1. The molecule has 1 heterocycles.